The fourth-order valence-corrected chi connectivity index (χ4v) is 5.02. The monoisotopic (exact) mass is 387 g/mol. The minimum absolute atomic E-state index is 0. The molecule has 0 aliphatic carbocycles. The molecule has 5 rings (SSSR count). The zero-order valence-electron chi connectivity index (χ0n) is 13.9. The lowest BCUT2D eigenvalue weighted by molar-refractivity contribution is 0.103. The summed E-state index contributed by atoms with van der Waals surface area (Å²) in [6.45, 7) is 1.91. The summed E-state index contributed by atoms with van der Waals surface area (Å²) in [6.07, 6.45) is 2.89. The van der Waals surface area contributed by atoms with Gasteiger partial charge in [0, 0.05) is 50.6 Å². The van der Waals surface area contributed by atoms with Gasteiger partial charge in [0.2, 0.25) is 0 Å². The summed E-state index contributed by atoms with van der Waals surface area (Å²) in [4.78, 5) is 16.6. The van der Waals surface area contributed by atoms with Gasteiger partial charge in [-0.2, -0.15) is 13.5 Å². The van der Waals surface area contributed by atoms with Crippen molar-refractivity contribution in [3.8, 4) is 11.3 Å². The molecule has 0 unspecified atom stereocenters. The van der Waals surface area contributed by atoms with Gasteiger partial charge >= 0.3 is 0 Å². The Balaban J connectivity index is 0.00000168. The van der Waals surface area contributed by atoms with Crippen LogP contribution in [0.25, 0.3) is 22.0 Å². The first-order valence-corrected chi connectivity index (χ1v) is 9.22. The summed E-state index contributed by atoms with van der Waals surface area (Å²) in [7, 11) is 0. The second-order valence-electron chi connectivity index (χ2n) is 6.41. The van der Waals surface area contributed by atoms with E-state index >= 15 is 0 Å². The molecule has 1 aromatic heterocycles. The first-order chi connectivity index (χ1) is 12.2. The van der Waals surface area contributed by atoms with Crippen molar-refractivity contribution in [1.29, 1.82) is 0 Å². The lowest BCUT2D eigenvalue weighted by atomic mass is 9.97. The molecule has 0 spiro atoms. The molecule has 0 bridgehead atoms. The molecule has 1 atom stereocenters. The molecule has 0 saturated carbocycles. The maximum Gasteiger partial charge on any atom is 0.257 e. The number of benzene rings is 2. The Hall–Kier alpha value is -1.96. The Morgan fingerprint density at radius 2 is 2.08 bits per heavy atom. The van der Waals surface area contributed by atoms with Crippen LogP contribution in [-0.2, 0) is 0 Å². The third kappa shape index (κ3) is 2.62. The minimum atomic E-state index is -0.275. The van der Waals surface area contributed by atoms with E-state index in [-0.39, 0.29) is 25.2 Å². The van der Waals surface area contributed by atoms with E-state index in [0.29, 0.717) is 27.3 Å². The summed E-state index contributed by atoms with van der Waals surface area (Å²) in [5.74, 6) is -0.447. The third-order valence-corrected chi connectivity index (χ3v) is 6.18. The Labute approximate surface area is 161 Å². The number of H-pyrrole nitrogens is 1. The van der Waals surface area contributed by atoms with Crippen molar-refractivity contribution in [2.45, 2.75) is 16.6 Å². The van der Waals surface area contributed by atoms with Crippen LogP contribution in [-0.4, -0.2) is 29.2 Å². The van der Waals surface area contributed by atoms with Crippen LogP contribution in [0.4, 0.5) is 10.1 Å². The van der Waals surface area contributed by atoms with Gasteiger partial charge in [0.1, 0.15) is 5.82 Å². The molecule has 2 aliphatic heterocycles. The van der Waals surface area contributed by atoms with Crippen molar-refractivity contribution in [1.82, 2.24) is 10.3 Å². The molecule has 3 N–H and O–H groups in total. The highest BCUT2D eigenvalue weighted by Gasteiger charge is 2.30. The largest absolute Gasteiger partial charge is 0.361 e. The van der Waals surface area contributed by atoms with Gasteiger partial charge in [0.05, 0.1) is 5.56 Å². The van der Waals surface area contributed by atoms with E-state index in [1.807, 2.05) is 24.4 Å². The number of carbonyl (C=O) groups is 1. The maximum atomic E-state index is 14.7. The van der Waals surface area contributed by atoms with Crippen LogP contribution >= 0.6 is 25.3 Å². The van der Waals surface area contributed by atoms with E-state index in [4.69, 9.17) is 0 Å². The van der Waals surface area contributed by atoms with Gasteiger partial charge in [-0.15, -0.1) is 11.8 Å². The fraction of sp³-hybridized carbons (Fsp3) is 0.211. The topological polar surface area (TPSA) is 56.9 Å². The van der Waals surface area contributed by atoms with Crippen LogP contribution in [0.15, 0.2) is 41.4 Å². The number of hydrogen-bond donors (Lipinski definition) is 3. The second-order valence-corrected chi connectivity index (χ2v) is 7.75. The number of hydrogen-bond acceptors (Lipinski definition) is 3. The lowest BCUT2D eigenvalue weighted by Gasteiger charge is -2.15. The van der Waals surface area contributed by atoms with Crippen LogP contribution in [0.5, 0.6) is 0 Å². The SMILES string of the molecule is O=C1Nc2ccc(F)c3c(S[C@H]4CCNC4)cc(-c4ccc[nH]4)c1c23.S. The average Bonchev–Trinajstić information content (AvgIpc) is 3.34. The van der Waals surface area contributed by atoms with Gasteiger partial charge in [-0.05, 0) is 43.3 Å². The molecule has 2 aromatic carbocycles. The molecule has 4 nitrogen and oxygen atoms in total. The van der Waals surface area contributed by atoms with Gasteiger partial charge in [0.15, 0.2) is 0 Å². The molecule has 1 saturated heterocycles. The summed E-state index contributed by atoms with van der Waals surface area (Å²) >= 11 is 1.70. The first kappa shape index (κ1) is 17.5. The number of thioether (sulfide) groups is 1. The predicted molar refractivity (Wildman–Crippen MR) is 109 cm³/mol. The minimum Gasteiger partial charge on any atom is -0.361 e. The van der Waals surface area contributed by atoms with Gasteiger partial charge in [-0.1, -0.05) is 0 Å². The number of carbonyl (C=O) groups excluding carboxylic acids is 1. The average molecular weight is 388 g/mol. The number of nitrogens with one attached hydrogen (secondary N) is 3. The Morgan fingerprint density at radius 1 is 1.19 bits per heavy atom. The van der Waals surface area contributed by atoms with E-state index in [0.717, 1.165) is 35.7 Å². The molecule has 3 aromatic rings. The van der Waals surface area contributed by atoms with Crippen molar-refractivity contribution in [2.24, 2.45) is 0 Å². The van der Waals surface area contributed by atoms with Crippen LogP contribution in [0.1, 0.15) is 16.8 Å². The van der Waals surface area contributed by atoms with Crippen molar-refractivity contribution in [3.63, 3.8) is 0 Å². The highest BCUT2D eigenvalue weighted by atomic mass is 32.2. The van der Waals surface area contributed by atoms with Crippen LogP contribution in [0.2, 0.25) is 0 Å². The Bertz CT molecular complexity index is 998. The predicted octanol–water partition coefficient (Wildman–Crippen LogP) is 4.11. The van der Waals surface area contributed by atoms with Crippen LogP contribution in [0.3, 0.4) is 0 Å². The smallest absolute Gasteiger partial charge is 0.257 e. The van der Waals surface area contributed by atoms with Crippen molar-refractivity contribution in [2.75, 3.05) is 18.4 Å². The van der Waals surface area contributed by atoms with E-state index in [1.54, 1.807) is 17.8 Å². The van der Waals surface area contributed by atoms with Crippen molar-refractivity contribution >= 4 is 47.6 Å². The number of halogens is 1. The standard InChI is InChI=1S/C19H16FN3OS.H2S/c20-12-3-4-14-18-16(19(24)23-14)11(13-2-1-6-22-13)8-15(17(12)18)25-10-5-7-21-9-10;/h1-4,6,8,10,21-22H,5,7,9H2,(H,23,24);1H2/t10-;/m0./s1. The molecule has 26 heavy (non-hydrogen) atoms. The highest BCUT2D eigenvalue weighted by Crippen LogP contribution is 2.45. The van der Waals surface area contributed by atoms with Gasteiger partial charge in [0.25, 0.3) is 5.91 Å². The summed E-state index contributed by atoms with van der Waals surface area (Å²) in [5, 5.41) is 7.90. The summed E-state index contributed by atoms with van der Waals surface area (Å²) < 4.78 is 14.7. The number of aromatic amines is 1. The molecule has 134 valence electrons. The van der Waals surface area contributed by atoms with Crippen LogP contribution in [0, 0.1) is 5.82 Å². The first-order valence-electron chi connectivity index (χ1n) is 8.34. The number of aromatic nitrogens is 1. The molecular weight excluding hydrogens is 369 g/mol. The summed E-state index contributed by atoms with van der Waals surface area (Å²) in [6, 6.07) is 8.89. The third-order valence-electron chi connectivity index (χ3n) is 4.87. The van der Waals surface area contributed by atoms with Crippen LogP contribution < -0.4 is 10.6 Å². The molecule has 2 aliphatic rings. The molecule has 1 amide bonds. The molecule has 0 radical (unpaired) electrons. The molecule has 3 heterocycles. The van der Waals surface area contributed by atoms with Gasteiger partial charge in [-0.25, -0.2) is 4.39 Å². The maximum absolute atomic E-state index is 14.7. The van der Waals surface area contributed by atoms with Crippen molar-refractivity contribution in [3.05, 3.63) is 47.9 Å². The number of rotatable bonds is 3. The molecular formula is C19H18FN3OS2. The van der Waals surface area contributed by atoms with E-state index in [1.165, 1.54) is 6.07 Å². The van der Waals surface area contributed by atoms with E-state index in [2.05, 4.69) is 15.6 Å². The summed E-state index contributed by atoms with van der Waals surface area (Å²) in [5.41, 5.74) is 2.94. The molecule has 7 heteroatoms. The Morgan fingerprint density at radius 3 is 2.81 bits per heavy atom. The second kappa shape index (κ2) is 6.64. The zero-order chi connectivity index (χ0) is 17.0. The number of anilines is 1. The quantitative estimate of drug-likeness (QED) is 0.634. The molecule has 1 fully saturated rings. The van der Waals surface area contributed by atoms with E-state index in [9.17, 15) is 9.18 Å². The fourth-order valence-electron chi connectivity index (χ4n) is 3.72. The lowest BCUT2D eigenvalue weighted by Crippen LogP contribution is -2.10. The Kier molecular flexibility index (Phi) is 4.46. The highest BCUT2D eigenvalue weighted by molar-refractivity contribution is 8.00. The number of amides is 1. The zero-order valence-corrected chi connectivity index (χ0v) is 15.7. The normalized spacial score (nSPS) is 18.2. The van der Waals surface area contributed by atoms with E-state index < -0.39 is 0 Å². The van der Waals surface area contributed by atoms with Crippen molar-refractivity contribution < 1.29 is 9.18 Å². The van der Waals surface area contributed by atoms with Gasteiger partial charge < -0.3 is 15.6 Å². The van der Waals surface area contributed by atoms with Gasteiger partial charge in [-0.3, -0.25) is 4.79 Å².